The van der Waals surface area contributed by atoms with Crippen LogP contribution in [0.15, 0.2) is 12.1 Å². The van der Waals surface area contributed by atoms with Gasteiger partial charge in [0.25, 0.3) is 0 Å². The Kier molecular flexibility index (Phi) is 2.94. The molecule has 1 atom stereocenters. The van der Waals surface area contributed by atoms with Crippen LogP contribution in [0.3, 0.4) is 0 Å². The van der Waals surface area contributed by atoms with Gasteiger partial charge >= 0.3 is 0 Å². The standard InChI is InChI=1S/C12H16O2/c1-7-5-8(2)11(9(3)6-7)10(4)12(13)14/h5-6,10H,1-4H3,(H,13,14)/p-1. The lowest BCUT2D eigenvalue weighted by molar-refractivity contribution is -0.307. The second kappa shape index (κ2) is 3.82. The Balaban J connectivity index is 3.27. The molecule has 0 aliphatic heterocycles. The highest BCUT2D eigenvalue weighted by Crippen LogP contribution is 2.24. The van der Waals surface area contributed by atoms with Crippen LogP contribution < -0.4 is 5.11 Å². The second-order valence-electron chi connectivity index (χ2n) is 3.85. The van der Waals surface area contributed by atoms with Crippen molar-refractivity contribution < 1.29 is 9.90 Å². The van der Waals surface area contributed by atoms with Gasteiger partial charge in [0, 0.05) is 11.9 Å². The molecule has 0 amide bonds. The van der Waals surface area contributed by atoms with E-state index in [2.05, 4.69) is 0 Å². The largest absolute Gasteiger partial charge is 0.550 e. The molecule has 0 heterocycles. The molecule has 0 aromatic heterocycles. The van der Waals surface area contributed by atoms with Gasteiger partial charge in [-0.3, -0.25) is 0 Å². The molecule has 14 heavy (non-hydrogen) atoms. The predicted octanol–water partition coefficient (Wildman–Crippen LogP) is 1.47. The van der Waals surface area contributed by atoms with E-state index in [-0.39, 0.29) is 0 Å². The van der Waals surface area contributed by atoms with Crippen LogP contribution in [0.1, 0.15) is 35.1 Å². The monoisotopic (exact) mass is 191 g/mol. The summed E-state index contributed by atoms with van der Waals surface area (Å²) in [6.07, 6.45) is 0. The maximum atomic E-state index is 10.8. The summed E-state index contributed by atoms with van der Waals surface area (Å²) >= 11 is 0. The number of carbonyl (C=O) groups excluding carboxylic acids is 1. The third-order valence-electron chi connectivity index (χ3n) is 2.52. The van der Waals surface area contributed by atoms with Crippen molar-refractivity contribution in [1.29, 1.82) is 0 Å². The molecule has 0 saturated heterocycles. The highest BCUT2D eigenvalue weighted by atomic mass is 16.4. The molecule has 1 aromatic rings. The van der Waals surface area contributed by atoms with Crippen molar-refractivity contribution in [3.63, 3.8) is 0 Å². The normalized spacial score (nSPS) is 12.6. The Bertz CT molecular complexity index is 344. The maximum Gasteiger partial charge on any atom is 0.0486 e. The second-order valence-corrected chi connectivity index (χ2v) is 3.85. The molecule has 1 unspecified atom stereocenters. The number of hydrogen-bond acceptors (Lipinski definition) is 2. The van der Waals surface area contributed by atoms with Crippen molar-refractivity contribution in [2.45, 2.75) is 33.6 Å². The Morgan fingerprint density at radius 1 is 1.21 bits per heavy atom. The van der Waals surface area contributed by atoms with Crippen LogP contribution in [-0.2, 0) is 4.79 Å². The minimum absolute atomic E-state index is 0.532. The summed E-state index contributed by atoms with van der Waals surface area (Å²) in [5.74, 6) is -1.55. The molecule has 0 bridgehead atoms. The summed E-state index contributed by atoms with van der Waals surface area (Å²) in [6, 6.07) is 4.00. The van der Waals surface area contributed by atoms with Crippen molar-refractivity contribution >= 4 is 5.97 Å². The van der Waals surface area contributed by atoms with Crippen LogP contribution in [0, 0.1) is 20.8 Å². The van der Waals surface area contributed by atoms with E-state index in [1.54, 1.807) is 6.92 Å². The first kappa shape index (κ1) is 10.8. The lowest BCUT2D eigenvalue weighted by atomic mass is 9.91. The van der Waals surface area contributed by atoms with E-state index in [1.165, 1.54) is 0 Å². The molecule has 1 aromatic carbocycles. The van der Waals surface area contributed by atoms with Crippen molar-refractivity contribution in [3.8, 4) is 0 Å². The summed E-state index contributed by atoms with van der Waals surface area (Å²) in [5, 5.41) is 10.8. The number of carboxylic acids is 1. The van der Waals surface area contributed by atoms with Crippen molar-refractivity contribution in [2.24, 2.45) is 0 Å². The third-order valence-corrected chi connectivity index (χ3v) is 2.52. The molecule has 0 aliphatic rings. The van der Waals surface area contributed by atoms with Gasteiger partial charge in [-0.25, -0.2) is 0 Å². The molecule has 76 valence electrons. The van der Waals surface area contributed by atoms with Crippen LogP contribution in [0.2, 0.25) is 0 Å². The van der Waals surface area contributed by atoms with E-state index >= 15 is 0 Å². The molecule has 0 radical (unpaired) electrons. The SMILES string of the molecule is Cc1cc(C)c(C(C)C(=O)[O-])c(C)c1. The Labute approximate surface area is 84.6 Å². The Morgan fingerprint density at radius 2 is 1.64 bits per heavy atom. The average molecular weight is 191 g/mol. The zero-order valence-electron chi connectivity index (χ0n) is 9.05. The van der Waals surface area contributed by atoms with Crippen molar-refractivity contribution in [3.05, 3.63) is 34.4 Å². The van der Waals surface area contributed by atoms with E-state index in [1.807, 2.05) is 32.9 Å². The highest BCUT2D eigenvalue weighted by molar-refractivity contribution is 5.74. The van der Waals surface area contributed by atoms with Gasteiger partial charge in [0.05, 0.1) is 0 Å². The number of carboxylic acid groups (broad SMARTS) is 1. The van der Waals surface area contributed by atoms with E-state index in [9.17, 15) is 9.90 Å². The quantitative estimate of drug-likeness (QED) is 0.710. The summed E-state index contributed by atoms with van der Waals surface area (Å²) in [5.41, 5.74) is 4.10. The number of benzene rings is 1. The molecule has 1 rings (SSSR count). The first-order chi connectivity index (χ1) is 6.43. The summed E-state index contributed by atoms with van der Waals surface area (Å²) in [6.45, 7) is 7.55. The fourth-order valence-corrected chi connectivity index (χ4v) is 1.99. The number of aryl methyl sites for hydroxylation is 3. The van der Waals surface area contributed by atoms with Crippen LogP contribution in [0.25, 0.3) is 0 Å². The topological polar surface area (TPSA) is 40.1 Å². The number of carbonyl (C=O) groups is 1. The van der Waals surface area contributed by atoms with Gasteiger partial charge in [-0.1, -0.05) is 24.6 Å². The first-order valence-electron chi connectivity index (χ1n) is 4.72. The maximum absolute atomic E-state index is 10.8. The van der Waals surface area contributed by atoms with Gasteiger partial charge in [0.15, 0.2) is 0 Å². The van der Waals surface area contributed by atoms with Crippen LogP contribution >= 0.6 is 0 Å². The van der Waals surface area contributed by atoms with Gasteiger partial charge in [-0.2, -0.15) is 0 Å². The highest BCUT2D eigenvalue weighted by Gasteiger charge is 2.12. The zero-order valence-corrected chi connectivity index (χ0v) is 9.05. The van der Waals surface area contributed by atoms with Crippen molar-refractivity contribution in [1.82, 2.24) is 0 Å². The number of rotatable bonds is 2. The summed E-state index contributed by atoms with van der Waals surface area (Å²) in [4.78, 5) is 10.8. The number of hydrogen-bond donors (Lipinski definition) is 0. The lowest BCUT2D eigenvalue weighted by Crippen LogP contribution is -2.28. The fraction of sp³-hybridized carbons (Fsp3) is 0.417. The molecule has 0 N–H and O–H groups in total. The zero-order chi connectivity index (χ0) is 10.9. The molecular weight excluding hydrogens is 176 g/mol. The van der Waals surface area contributed by atoms with Gasteiger partial charge in [0.1, 0.15) is 0 Å². The number of aliphatic carboxylic acids is 1. The minimum Gasteiger partial charge on any atom is -0.550 e. The van der Waals surface area contributed by atoms with Crippen LogP contribution in [0.4, 0.5) is 0 Å². The Hall–Kier alpha value is -1.31. The molecule has 0 saturated carbocycles. The summed E-state index contributed by atoms with van der Waals surface area (Å²) in [7, 11) is 0. The minimum atomic E-state index is -1.01. The first-order valence-corrected chi connectivity index (χ1v) is 4.72. The lowest BCUT2D eigenvalue weighted by Gasteiger charge is -2.19. The van der Waals surface area contributed by atoms with Gasteiger partial charge in [0.2, 0.25) is 0 Å². The molecule has 0 spiro atoms. The van der Waals surface area contributed by atoms with Crippen LogP contribution in [0.5, 0.6) is 0 Å². The molecule has 2 heteroatoms. The fourth-order valence-electron chi connectivity index (χ4n) is 1.99. The molecule has 2 nitrogen and oxygen atoms in total. The smallest absolute Gasteiger partial charge is 0.0486 e. The van der Waals surface area contributed by atoms with Gasteiger partial charge < -0.3 is 9.90 Å². The molecule has 0 aliphatic carbocycles. The van der Waals surface area contributed by atoms with E-state index in [0.717, 1.165) is 22.3 Å². The average Bonchev–Trinajstić information content (AvgIpc) is 2.01. The summed E-state index contributed by atoms with van der Waals surface area (Å²) < 4.78 is 0. The third kappa shape index (κ3) is 1.95. The predicted molar refractivity (Wildman–Crippen MR) is 54.1 cm³/mol. The molecular formula is C12H15O2-. The molecule has 0 fully saturated rings. The Morgan fingerprint density at radius 3 is 2.00 bits per heavy atom. The van der Waals surface area contributed by atoms with Crippen LogP contribution in [-0.4, -0.2) is 5.97 Å². The van der Waals surface area contributed by atoms with Gasteiger partial charge in [-0.05, 0) is 37.5 Å². The van der Waals surface area contributed by atoms with Gasteiger partial charge in [-0.15, -0.1) is 0 Å². The van der Waals surface area contributed by atoms with E-state index in [0.29, 0.717) is 0 Å². The van der Waals surface area contributed by atoms with E-state index < -0.39 is 11.9 Å². The van der Waals surface area contributed by atoms with Crippen molar-refractivity contribution in [2.75, 3.05) is 0 Å². The van der Waals surface area contributed by atoms with E-state index in [4.69, 9.17) is 0 Å².